The Morgan fingerprint density at radius 3 is 2.58 bits per heavy atom. The molecule has 1 heterocycles. The minimum absolute atomic E-state index is 0.100. The van der Waals surface area contributed by atoms with Crippen molar-refractivity contribution in [1.29, 1.82) is 0 Å². The maximum atomic E-state index is 9.61. The molecule has 12 heavy (non-hydrogen) atoms. The standard InChI is InChI=1S/C9H20N2O/c1-9(2,3)11-7-4-5-10-6-8(7)12/h7-8,10-12H,4-6H2,1-3H3/t7-,8-/m1/s1. The van der Waals surface area contributed by atoms with Crippen molar-refractivity contribution >= 4 is 0 Å². The molecule has 2 atom stereocenters. The lowest BCUT2D eigenvalue weighted by Gasteiger charge is -2.34. The first-order chi connectivity index (χ1) is 5.49. The van der Waals surface area contributed by atoms with E-state index >= 15 is 0 Å². The second kappa shape index (κ2) is 3.73. The van der Waals surface area contributed by atoms with Crippen LogP contribution in [0.15, 0.2) is 0 Å². The smallest absolute Gasteiger partial charge is 0.0817 e. The lowest BCUT2D eigenvalue weighted by Crippen LogP contribution is -2.56. The first-order valence-corrected chi connectivity index (χ1v) is 4.65. The number of aliphatic hydroxyl groups excluding tert-OH is 1. The highest BCUT2D eigenvalue weighted by atomic mass is 16.3. The summed E-state index contributed by atoms with van der Waals surface area (Å²) in [5.74, 6) is 0. The molecule has 0 unspecified atom stereocenters. The third-order valence-corrected chi connectivity index (χ3v) is 2.07. The highest BCUT2D eigenvalue weighted by molar-refractivity contribution is 4.87. The van der Waals surface area contributed by atoms with Crippen molar-refractivity contribution < 1.29 is 5.11 Å². The van der Waals surface area contributed by atoms with Crippen molar-refractivity contribution in [2.45, 2.75) is 44.9 Å². The molecular weight excluding hydrogens is 152 g/mol. The molecule has 0 aromatic rings. The number of β-amino-alcohol motifs (C(OH)–C–C–N with tert-alkyl or cyclic N) is 1. The fourth-order valence-electron chi connectivity index (χ4n) is 1.57. The minimum Gasteiger partial charge on any atom is -0.390 e. The Labute approximate surface area is 74.5 Å². The van der Waals surface area contributed by atoms with Crippen molar-refractivity contribution in [1.82, 2.24) is 10.6 Å². The van der Waals surface area contributed by atoms with E-state index in [1.165, 1.54) is 0 Å². The molecule has 0 aromatic carbocycles. The minimum atomic E-state index is -0.238. The molecule has 0 aromatic heterocycles. The summed E-state index contributed by atoms with van der Waals surface area (Å²) < 4.78 is 0. The van der Waals surface area contributed by atoms with Gasteiger partial charge in [0.25, 0.3) is 0 Å². The molecule has 0 bridgehead atoms. The lowest BCUT2D eigenvalue weighted by molar-refractivity contribution is 0.0891. The number of hydrogen-bond donors (Lipinski definition) is 3. The number of rotatable bonds is 1. The summed E-state index contributed by atoms with van der Waals surface area (Å²) in [4.78, 5) is 0. The van der Waals surface area contributed by atoms with Gasteiger partial charge in [0.05, 0.1) is 6.10 Å². The average Bonchev–Trinajstić information content (AvgIpc) is 1.91. The molecule has 1 rings (SSSR count). The molecule has 0 aliphatic carbocycles. The third-order valence-electron chi connectivity index (χ3n) is 2.07. The van der Waals surface area contributed by atoms with E-state index in [0.29, 0.717) is 6.54 Å². The normalized spacial score (nSPS) is 32.0. The van der Waals surface area contributed by atoms with E-state index < -0.39 is 0 Å². The fourth-order valence-corrected chi connectivity index (χ4v) is 1.57. The van der Waals surface area contributed by atoms with Gasteiger partial charge in [0, 0.05) is 18.1 Å². The molecule has 3 N–H and O–H groups in total. The van der Waals surface area contributed by atoms with E-state index in [1.807, 2.05) is 0 Å². The maximum absolute atomic E-state index is 9.61. The Kier molecular flexibility index (Phi) is 3.09. The van der Waals surface area contributed by atoms with Gasteiger partial charge in [0.2, 0.25) is 0 Å². The van der Waals surface area contributed by atoms with Crippen LogP contribution in [0.2, 0.25) is 0 Å². The molecule has 0 saturated carbocycles. The van der Waals surface area contributed by atoms with Gasteiger partial charge in [-0.2, -0.15) is 0 Å². The topological polar surface area (TPSA) is 44.3 Å². The number of hydrogen-bond acceptors (Lipinski definition) is 3. The molecule has 1 aliphatic rings. The summed E-state index contributed by atoms with van der Waals surface area (Å²) in [6.45, 7) is 8.10. The predicted molar refractivity (Wildman–Crippen MR) is 50.2 cm³/mol. The number of piperidine rings is 1. The van der Waals surface area contributed by atoms with Gasteiger partial charge in [-0.25, -0.2) is 0 Å². The quantitative estimate of drug-likeness (QED) is 0.525. The van der Waals surface area contributed by atoms with Gasteiger partial charge in [-0.15, -0.1) is 0 Å². The number of aliphatic hydroxyl groups is 1. The Hall–Kier alpha value is -0.120. The average molecular weight is 172 g/mol. The van der Waals surface area contributed by atoms with E-state index in [0.717, 1.165) is 13.0 Å². The van der Waals surface area contributed by atoms with E-state index in [2.05, 4.69) is 31.4 Å². The van der Waals surface area contributed by atoms with Crippen LogP contribution in [0.1, 0.15) is 27.2 Å². The van der Waals surface area contributed by atoms with E-state index in [1.54, 1.807) is 0 Å². The van der Waals surface area contributed by atoms with Crippen molar-refractivity contribution in [3.8, 4) is 0 Å². The van der Waals surface area contributed by atoms with Crippen molar-refractivity contribution in [3.63, 3.8) is 0 Å². The molecule has 0 spiro atoms. The van der Waals surface area contributed by atoms with Crippen LogP contribution in [0.5, 0.6) is 0 Å². The lowest BCUT2D eigenvalue weighted by atomic mass is 9.99. The van der Waals surface area contributed by atoms with Gasteiger partial charge in [-0.05, 0) is 33.7 Å². The summed E-state index contributed by atoms with van der Waals surface area (Å²) in [6.07, 6.45) is 0.774. The molecule has 72 valence electrons. The van der Waals surface area contributed by atoms with Gasteiger partial charge in [0.1, 0.15) is 0 Å². The van der Waals surface area contributed by atoms with Crippen LogP contribution < -0.4 is 10.6 Å². The van der Waals surface area contributed by atoms with Gasteiger partial charge in [-0.1, -0.05) is 0 Å². The Morgan fingerprint density at radius 2 is 2.08 bits per heavy atom. The molecule has 0 amide bonds. The Balaban J connectivity index is 2.39. The summed E-state index contributed by atoms with van der Waals surface area (Å²) >= 11 is 0. The van der Waals surface area contributed by atoms with E-state index in [4.69, 9.17) is 0 Å². The number of nitrogens with one attached hydrogen (secondary N) is 2. The van der Waals surface area contributed by atoms with Gasteiger partial charge in [0.15, 0.2) is 0 Å². The predicted octanol–water partition coefficient (Wildman–Crippen LogP) is 0.0973. The van der Waals surface area contributed by atoms with E-state index in [-0.39, 0.29) is 17.7 Å². The molecule has 3 heteroatoms. The van der Waals surface area contributed by atoms with Crippen molar-refractivity contribution in [2.75, 3.05) is 13.1 Å². The maximum Gasteiger partial charge on any atom is 0.0817 e. The Bertz CT molecular complexity index is 142. The molecular formula is C9H20N2O. The second-order valence-corrected chi connectivity index (χ2v) is 4.56. The zero-order valence-corrected chi connectivity index (χ0v) is 8.22. The molecule has 1 saturated heterocycles. The van der Waals surface area contributed by atoms with Crippen LogP contribution in [0.4, 0.5) is 0 Å². The van der Waals surface area contributed by atoms with Crippen molar-refractivity contribution in [2.24, 2.45) is 0 Å². The monoisotopic (exact) mass is 172 g/mol. The van der Waals surface area contributed by atoms with Crippen LogP contribution in [-0.4, -0.2) is 35.9 Å². The first kappa shape index (κ1) is 9.96. The summed E-state index contributed by atoms with van der Waals surface area (Å²) in [6, 6.07) is 0.256. The van der Waals surface area contributed by atoms with Crippen LogP contribution in [0.25, 0.3) is 0 Å². The van der Waals surface area contributed by atoms with Gasteiger partial charge >= 0.3 is 0 Å². The summed E-state index contributed by atoms with van der Waals surface area (Å²) in [7, 11) is 0. The van der Waals surface area contributed by atoms with Crippen LogP contribution in [0, 0.1) is 0 Å². The molecule has 1 fully saturated rings. The van der Waals surface area contributed by atoms with Crippen LogP contribution in [-0.2, 0) is 0 Å². The first-order valence-electron chi connectivity index (χ1n) is 4.65. The van der Waals surface area contributed by atoms with Gasteiger partial charge in [-0.3, -0.25) is 0 Å². The van der Waals surface area contributed by atoms with E-state index in [9.17, 15) is 5.11 Å². The van der Waals surface area contributed by atoms with Gasteiger partial charge < -0.3 is 15.7 Å². The van der Waals surface area contributed by atoms with Crippen molar-refractivity contribution in [3.05, 3.63) is 0 Å². The summed E-state index contributed by atoms with van der Waals surface area (Å²) in [5.41, 5.74) is 0.100. The fraction of sp³-hybridized carbons (Fsp3) is 1.00. The second-order valence-electron chi connectivity index (χ2n) is 4.56. The highest BCUT2D eigenvalue weighted by Crippen LogP contribution is 2.09. The van der Waals surface area contributed by atoms with Crippen LogP contribution in [0.3, 0.4) is 0 Å². The Morgan fingerprint density at radius 1 is 1.42 bits per heavy atom. The molecule has 0 radical (unpaired) electrons. The third kappa shape index (κ3) is 3.09. The highest BCUT2D eigenvalue weighted by Gasteiger charge is 2.25. The van der Waals surface area contributed by atoms with Crippen LogP contribution >= 0.6 is 0 Å². The molecule has 3 nitrogen and oxygen atoms in total. The zero-order valence-electron chi connectivity index (χ0n) is 8.22. The molecule has 1 aliphatic heterocycles. The largest absolute Gasteiger partial charge is 0.390 e. The SMILES string of the molecule is CC(C)(C)N[C@@H]1CCNC[C@H]1O. The zero-order chi connectivity index (χ0) is 9.19. The summed E-state index contributed by atoms with van der Waals surface area (Å²) in [5, 5.41) is 16.2.